The monoisotopic (exact) mass is 263 g/mol. The highest BCUT2D eigenvalue weighted by molar-refractivity contribution is 5.92. The van der Waals surface area contributed by atoms with E-state index in [1.807, 2.05) is 11.8 Å². The summed E-state index contributed by atoms with van der Waals surface area (Å²) < 4.78 is 5.95. The SMILES string of the molecule is CCc1ncc(C(=O)N2CCOC3(CCCC3)C2)[nH]1. The van der Waals surface area contributed by atoms with Gasteiger partial charge in [0, 0.05) is 13.0 Å². The fourth-order valence-corrected chi connectivity index (χ4v) is 3.16. The van der Waals surface area contributed by atoms with Gasteiger partial charge in [0.2, 0.25) is 0 Å². The van der Waals surface area contributed by atoms with Crippen molar-refractivity contribution < 1.29 is 9.53 Å². The number of nitrogens with zero attached hydrogens (tertiary/aromatic N) is 2. The van der Waals surface area contributed by atoms with E-state index in [1.54, 1.807) is 6.20 Å². The molecule has 5 heteroatoms. The number of hydrogen-bond acceptors (Lipinski definition) is 3. The minimum atomic E-state index is -0.0679. The fraction of sp³-hybridized carbons (Fsp3) is 0.714. The Hall–Kier alpha value is -1.36. The number of H-pyrrole nitrogens is 1. The van der Waals surface area contributed by atoms with Gasteiger partial charge in [0.1, 0.15) is 11.5 Å². The molecule has 1 aliphatic heterocycles. The number of morpholine rings is 1. The molecule has 1 aliphatic carbocycles. The van der Waals surface area contributed by atoms with E-state index < -0.39 is 0 Å². The third-order valence-electron chi connectivity index (χ3n) is 4.24. The van der Waals surface area contributed by atoms with Gasteiger partial charge in [-0.15, -0.1) is 0 Å². The second-order valence-corrected chi connectivity index (χ2v) is 5.56. The van der Waals surface area contributed by atoms with Crippen molar-refractivity contribution in [2.24, 2.45) is 0 Å². The molecule has 0 atom stereocenters. The Bertz CT molecular complexity index is 463. The molecule has 1 aromatic rings. The predicted molar refractivity (Wildman–Crippen MR) is 71.0 cm³/mol. The Morgan fingerprint density at radius 1 is 1.53 bits per heavy atom. The molecule has 1 amide bonds. The fourth-order valence-electron chi connectivity index (χ4n) is 3.16. The van der Waals surface area contributed by atoms with Gasteiger partial charge in [0.25, 0.3) is 5.91 Å². The number of aryl methyl sites for hydroxylation is 1. The largest absolute Gasteiger partial charge is 0.371 e. The summed E-state index contributed by atoms with van der Waals surface area (Å²) in [7, 11) is 0. The van der Waals surface area contributed by atoms with E-state index >= 15 is 0 Å². The van der Waals surface area contributed by atoms with Crippen molar-refractivity contribution in [2.75, 3.05) is 19.7 Å². The third-order valence-corrected chi connectivity index (χ3v) is 4.24. The molecule has 1 saturated heterocycles. The molecule has 1 saturated carbocycles. The Balaban J connectivity index is 1.72. The molecule has 1 aromatic heterocycles. The van der Waals surface area contributed by atoms with Crippen LogP contribution in [0.2, 0.25) is 0 Å². The van der Waals surface area contributed by atoms with Gasteiger partial charge >= 0.3 is 0 Å². The summed E-state index contributed by atoms with van der Waals surface area (Å²) in [6, 6.07) is 0. The molecule has 1 spiro atoms. The quantitative estimate of drug-likeness (QED) is 0.884. The van der Waals surface area contributed by atoms with Gasteiger partial charge < -0.3 is 14.6 Å². The number of nitrogens with one attached hydrogen (secondary N) is 1. The zero-order valence-electron chi connectivity index (χ0n) is 11.4. The first-order chi connectivity index (χ1) is 9.22. The van der Waals surface area contributed by atoms with Gasteiger partial charge in [-0.1, -0.05) is 19.8 Å². The highest BCUT2D eigenvalue weighted by atomic mass is 16.5. The Kier molecular flexibility index (Phi) is 3.31. The van der Waals surface area contributed by atoms with Crippen molar-refractivity contribution in [1.29, 1.82) is 0 Å². The molecule has 0 unspecified atom stereocenters. The molecule has 19 heavy (non-hydrogen) atoms. The van der Waals surface area contributed by atoms with Crippen LogP contribution in [0.25, 0.3) is 0 Å². The summed E-state index contributed by atoms with van der Waals surface area (Å²) >= 11 is 0. The van der Waals surface area contributed by atoms with Crippen LogP contribution in [0.3, 0.4) is 0 Å². The van der Waals surface area contributed by atoms with Crippen LogP contribution >= 0.6 is 0 Å². The van der Waals surface area contributed by atoms with E-state index in [0.29, 0.717) is 18.8 Å². The molecule has 3 rings (SSSR count). The number of carbonyl (C=O) groups is 1. The number of aromatic nitrogens is 2. The van der Waals surface area contributed by atoms with Crippen LogP contribution in [0.15, 0.2) is 6.20 Å². The van der Waals surface area contributed by atoms with Crippen molar-refractivity contribution in [1.82, 2.24) is 14.9 Å². The highest BCUT2D eigenvalue weighted by Crippen LogP contribution is 2.36. The summed E-state index contributed by atoms with van der Waals surface area (Å²) in [5.41, 5.74) is 0.536. The third kappa shape index (κ3) is 2.39. The number of ether oxygens (including phenoxy) is 1. The van der Waals surface area contributed by atoms with Crippen LogP contribution in [0.5, 0.6) is 0 Å². The van der Waals surface area contributed by atoms with Crippen LogP contribution in [-0.4, -0.2) is 46.1 Å². The first-order valence-corrected chi connectivity index (χ1v) is 7.19. The first kappa shape index (κ1) is 12.7. The lowest BCUT2D eigenvalue weighted by molar-refractivity contribution is -0.0949. The Morgan fingerprint density at radius 3 is 3.00 bits per heavy atom. The first-order valence-electron chi connectivity index (χ1n) is 7.19. The summed E-state index contributed by atoms with van der Waals surface area (Å²) in [5.74, 6) is 0.925. The summed E-state index contributed by atoms with van der Waals surface area (Å²) in [6.45, 7) is 4.09. The number of carbonyl (C=O) groups excluding carboxylic acids is 1. The van der Waals surface area contributed by atoms with Crippen molar-refractivity contribution >= 4 is 5.91 Å². The summed E-state index contributed by atoms with van der Waals surface area (Å²) in [4.78, 5) is 21.7. The number of imidazole rings is 1. The standard InChI is InChI=1S/C14H21N3O2/c1-2-12-15-9-11(16-12)13(18)17-7-8-19-14(10-17)5-3-4-6-14/h9H,2-8,10H2,1H3,(H,15,16). The van der Waals surface area contributed by atoms with Gasteiger partial charge in [0.05, 0.1) is 24.9 Å². The van der Waals surface area contributed by atoms with Crippen LogP contribution in [-0.2, 0) is 11.2 Å². The molecule has 2 heterocycles. The van der Waals surface area contributed by atoms with Crippen molar-refractivity contribution in [3.8, 4) is 0 Å². The van der Waals surface area contributed by atoms with Crippen LogP contribution in [0.1, 0.15) is 48.9 Å². The summed E-state index contributed by atoms with van der Waals surface area (Å²) in [6.07, 6.45) is 7.07. The number of hydrogen-bond donors (Lipinski definition) is 1. The van der Waals surface area contributed by atoms with Crippen LogP contribution < -0.4 is 0 Å². The maximum absolute atomic E-state index is 12.5. The van der Waals surface area contributed by atoms with Gasteiger partial charge in [-0.05, 0) is 12.8 Å². The molecule has 0 aromatic carbocycles. The maximum atomic E-state index is 12.5. The topological polar surface area (TPSA) is 58.2 Å². The number of amides is 1. The molecular formula is C14H21N3O2. The predicted octanol–water partition coefficient (Wildman–Crippen LogP) is 1.76. The average molecular weight is 263 g/mol. The van der Waals surface area contributed by atoms with Gasteiger partial charge in [-0.3, -0.25) is 4.79 Å². The zero-order chi connectivity index (χ0) is 13.3. The lowest BCUT2D eigenvalue weighted by Crippen LogP contribution is -2.52. The zero-order valence-corrected chi connectivity index (χ0v) is 11.4. The molecule has 2 aliphatic rings. The normalized spacial score (nSPS) is 22.1. The second-order valence-electron chi connectivity index (χ2n) is 5.56. The molecule has 1 N–H and O–H groups in total. The highest BCUT2D eigenvalue weighted by Gasteiger charge is 2.40. The molecule has 5 nitrogen and oxygen atoms in total. The summed E-state index contributed by atoms with van der Waals surface area (Å²) in [5, 5.41) is 0. The van der Waals surface area contributed by atoms with E-state index in [0.717, 1.165) is 31.6 Å². The van der Waals surface area contributed by atoms with E-state index in [1.165, 1.54) is 12.8 Å². The molecular weight excluding hydrogens is 242 g/mol. The molecule has 0 radical (unpaired) electrons. The van der Waals surface area contributed by atoms with Crippen molar-refractivity contribution in [3.63, 3.8) is 0 Å². The average Bonchev–Trinajstić information content (AvgIpc) is 3.07. The van der Waals surface area contributed by atoms with Gasteiger partial charge in [-0.2, -0.15) is 0 Å². The van der Waals surface area contributed by atoms with Gasteiger partial charge in [-0.25, -0.2) is 4.98 Å². The Morgan fingerprint density at radius 2 is 2.32 bits per heavy atom. The van der Waals surface area contributed by atoms with E-state index in [4.69, 9.17) is 4.74 Å². The Labute approximate surface area is 113 Å². The van der Waals surface area contributed by atoms with Gasteiger partial charge in [0.15, 0.2) is 0 Å². The molecule has 0 bridgehead atoms. The smallest absolute Gasteiger partial charge is 0.272 e. The van der Waals surface area contributed by atoms with E-state index in [-0.39, 0.29) is 11.5 Å². The van der Waals surface area contributed by atoms with Crippen LogP contribution in [0.4, 0.5) is 0 Å². The molecule has 104 valence electrons. The minimum absolute atomic E-state index is 0.0572. The van der Waals surface area contributed by atoms with E-state index in [9.17, 15) is 4.79 Å². The maximum Gasteiger partial charge on any atom is 0.272 e. The second kappa shape index (κ2) is 4.96. The van der Waals surface area contributed by atoms with Crippen LogP contribution in [0, 0.1) is 0 Å². The number of aromatic amines is 1. The number of rotatable bonds is 2. The minimum Gasteiger partial charge on any atom is -0.371 e. The van der Waals surface area contributed by atoms with E-state index in [2.05, 4.69) is 9.97 Å². The molecule has 2 fully saturated rings. The lowest BCUT2D eigenvalue weighted by atomic mass is 9.99. The lowest BCUT2D eigenvalue weighted by Gasteiger charge is -2.40. The van der Waals surface area contributed by atoms with Crippen molar-refractivity contribution in [2.45, 2.75) is 44.6 Å². The van der Waals surface area contributed by atoms with Crippen molar-refractivity contribution in [3.05, 3.63) is 17.7 Å².